The minimum atomic E-state index is -0.205. The van der Waals surface area contributed by atoms with Gasteiger partial charge in [-0.2, -0.15) is 0 Å². The van der Waals surface area contributed by atoms with E-state index in [1.54, 1.807) is 12.3 Å². The Labute approximate surface area is 106 Å². The van der Waals surface area contributed by atoms with Gasteiger partial charge < -0.3 is 5.32 Å². The molecule has 0 unspecified atom stereocenters. The first kappa shape index (κ1) is 11.4. The summed E-state index contributed by atoms with van der Waals surface area (Å²) in [5, 5.41) is 3.38. The van der Waals surface area contributed by atoms with Crippen molar-refractivity contribution in [2.75, 3.05) is 0 Å². The molecule has 0 amide bonds. The molecule has 1 aliphatic rings. The SMILES string of the molecule is Fc1cc(CNC2CC2)ccc1-c1ccccn1. The molecule has 1 aromatic heterocycles. The minimum absolute atomic E-state index is 0.205. The fourth-order valence-electron chi connectivity index (χ4n) is 1.95. The van der Waals surface area contributed by atoms with E-state index in [0.717, 1.165) is 12.1 Å². The molecule has 0 radical (unpaired) electrons. The molecule has 0 atom stereocenters. The van der Waals surface area contributed by atoms with Crippen LogP contribution in [0.25, 0.3) is 11.3 Å². The Morgan fingerprint density at radius 2 is 2.11 bits per heavy atom. The summed E-state index contributed by atoms with van der Waals surface area (Å²) in [6.45, 7) is 0.740. The second-order valence-electron chi connectivity index (χ2n) is 4.68. The highest BCUT2D eigenvalue weighted by molar-refractivity contribution is 5.60. The summed E-state index contributed by atoms with van der Waals surface area (Å²) in [4.78, 5) is 4.17. The second kappa shape index (κ2) is 4.86. The molecule has 18 heavy (non-hydrogen) atoms. The van der Waals surface area contributed by atoms with Gasteiger partial charge in [-0.25, -0.2) is 4.39 Å². The lowest BCUT2D eigenvalue weighted by Gasteiger charge is -2.06. The van der Waals surface area contributed by atoms with Crippen LogP contribution < -0.4 is 5.32 Å². The van der Waals surface area contributed by atoms with Gasteiger partial charge in [-0.15, -0.1) is 0 Å². The number of pyridine rings is 1. The van der Waals surface area contributed by atoms with Crippen molar-refractivity contribution in [2.24, 2.45) is 0 Å². The van der Waals surface area contributed by atoms with Crippen molar-refractivity contribution in [3.63, 3.8) is 0 Å². The number of aromatic nitrogens is 1. The van der Waals surface area contributed by atoms with Crippen LogP contribution in [0.4, 0.5) is 4.39 Å². The third kappa shape index (κ3) is 2.57. The Morgan fingerprint density at radius 1 is 1.22 bits per heavy atom. The summed E-state index contributed by atoms with van der Waals surface area (Å²) in [7, 11) is 0. The molecule has 3 rings (SSSR count). The van der Waals surface area contributed by atoms with Crippen molar-refractivity contribution >= 4 is 0 Å². The molecule has 1 saturated carbocycles. The summed E-state index contributed by atoms with van der Waals surface area (Å²) >= 11 is 0. The summed E-state index contributed by atoms with van der Waals surface area (Å²) < 4.78 is 14.0. The van der Waals surface area contributed by atoms with E-state index in [0.29, 0.717) is 17.3 Å². The maximum Gasteiger partial charge on any atom is 0.132 e. The summed E-state index contributed by atoms with van der Waals surface area (Å²) in [5.74, 6) is -0.205. The van der Waals surface area contributed by atoms with Crippen molar-refractivity contribution in [2.45, 2.75) is 25.4 Å². The van der Waals surface area contributed by atoms with Crippen LogP contribution in [0.5, 0.6) is 0 Å². The van der Waals surface area contributed by atoms with E-state index in [1.165, 1.54) is 12.8 Å². The van der Waals surface area contributed by atoms with Gasteiger partial charge in [0.15, 0.2) is 0 Å². The first-order chi connectivity index (χ1) is 8.83. The van der Waals surface area contributed by atoms with Gasteiger partial charge >= 0.3 is 0 Å². The van der Waals surface area contributed by atoms with Gasteiger partial charge in [0.05, 0.1) is 5.69 Å². The third-order valence-corrected chi connectivity index (χ3v) is 3.15. The van der Waals surface area contributed by atoms with Gasteiger partial charge in [0.25, 0.3) is 0 Å². The molecule has 2 aromatic rings. The zero-order valence-electron chi connectivity index (χ0n) is 10.1. The van der Waals surface area contributed by atoms with Crippen molar-refractivity contribution in [1.29, 1.82) is 0 Å². The first-order valence-corrected chi connectivity index (χ1v) is 6.26. The molecule has 2 nitrogen and oxygen atoms in total. The third-order valence-electron chi connectivity index (χ3n) is 3.15. The largest absolute Gasteiger partial charge is 0.310 e. The van der Waals surface area contributed by atoms with Crippen LogP contribution in [0, 0.1) is 5.82 Å². The van der Waals surface area contributed by atoms with Crippen molar-refractivity contribution in [1.82, 2.24) is 10.3 Å². The molecule has 92 valence electrons. The lowest BCUT2D eigenvalue weighted by Crippen LogP contribution is -2.15. The van der Waals surface area contributed by atoms with Gasteiger partial charge in [0.1, 0.15) is 5.82 Å². The summed E-state index contributed by atoms with van der Waals surface area (Å²) in [5.41, 5.74) is 2.22. The van der Waals surface area contributed by atoms with E-state index < -0.39 is 0 Å². The minimum Gasteiger partial charge on any atom is -0.310 e. The Hall–Kier alpha value is -1.74. The highest BCUT2D eigenvalue weighted by Gasteiger charge is 2.20. The molecule has 0 aliphatic heterocycles. The smallest absolute Gasteiger partial charge is 0.132 e. The second-order valence-corrected chi connectivity index (χ2v) is 4.68. The quantitative estimate of drug-likeness (QED) is 0.891. The number of hydrogen-bond donors (Lipinski definition) is 1. The predicted octanol–water partition coefficient (Wildman–Crippen LogP) is 3.14. The number of nitrogens with zero attached hydrogens (tertiary/aromatic N) is 1. The fraction of sp³-hybridized carbons (Fsp3) is 0.267. The standard InChI is InChI=1S/C15H15FN2/c16-14-9-11(10-18-12-5-6-12)4-7-13(14)15-3-1-2-8-17-15/h1-4,7-9,12,18H,5-6,10H2. The maximum atomic E-state index is 14.0. The molecule has 0 bridgehead atoms. The molecule has 1 aliphatic carbocycles. The summed E-state index contributed by atoms with van der Waals surface area (Å²) in [6, 6.07) is 11.5. The van der Waals surface area contributed by atoms with Crippen LogP contribution in [-0.4, -0.2) is 11.0 Å². The maximum absolute atomic E-state index is 14.0. The van der Waals surface area contributed by atoms with Crippen LogP contribution in [0.3, 0.4) is 0 Å². The van der Waals surface area contributed by atoms with Crippen LogP contribution in [-0.2, 0) is 6.54 Å². The van der Waals surface area contributed by atoms with Crippen molar-refractivity contribution in [3.8, 4) is 11.3 Å². The molecule has 0 spiro atoms. The van der Waals surface area contributed by atoms with E-state index in [1.807, 2.05) is 30.3 Å². The summed E-state index contributed by atoms with van der Waals surface area (Å²) in [6.07, 6.45) is 4.17. The lowest BCUT2D eigenvalue weighted by molar-refractivity contribution is 0.622. The Bertz CT molecular complexity index is 535. The molecule has 1 aromatic carbocycles. The van der Waals surface area contributed by atoms with Gasteiger partial charge in [-0.05, 0) is 42.7 Å². The number of halogens is 1. The van der Waals surface area contributed by atoms with E-state index in [9.17, 15) is 4.39 Å². The van der Waals surface area contributed by atoms with Gasteiger partial charge in [0.2, 0.25) is 0 Å². The van der Waals surface area contributed by atoms with E-state index >= 15 is 0 Å². The van der Waals surface area contributed by atoms with Gasteiger partial charge in [0, 0.05) is 24.3 Å². The topological polar surface area (TPSA) is 24.9 Å². The highest BCUT2D eigenvalue weighted by Crippen LogP contribution is 2.23. The Balaban J connectivity index is 1.80. The average Bonchev–Trinajstić information content (AvgIpc) is 3.21. The average molecular weight is 242 g/mol. The normalized spacial score (nSPS) is 14.7. The zero-order chi connectivity index (χ0) is 12.4. The lowest BCUT2D eigenvalue weighted by atomic mass is 10.1. The zero-order valence-corrected chi connectivity index (χ0v) is 10.1. The highest BCUT2D eigenvalue weighted by atomic mass is 19.1. The number of hydrogen-bond acceptors (Lipinski definition) is 2. The fourth-order valence-corrected chi connectivity index (χ4v) is 1.95. The van der Waals surface area contributed by atoms with E-state index in [-0.39, 0.29) is 5.82 Å². The Kier molecular flexibility index (Phi) is 3.07. The molecule has 0 saturated heterocycles. The predicted molar refractivity (Wildman–Crippen MR) is 69.5 cm³/mol. The van der Waals surface area contributed by atoms with Crippen LogP contribution >= 0.6 is 0 Å². The van der Waals surface area contributed by atoms with Gasteiger partial charge in [-0.3, -0.25) is 4.98 Å². The van der Waals surface area contributed by atoms with Crippen LogP contribution in [0.2, 0.25) is 0 Å². The number of rotatable bonds is 4. The molecule has 1 N–H and O–H groups in total. The van der Waals surface area contributed by atoms with Crippen LogP contribution in [0.1, 0.15) is 18.4 Å². The monoisotopic (exact) mass is 242 g/mol. The molecule has 1 heterocycles. The molecular weight excluding hydrogens is 227 g/mol. The molecular formula is C15H15FN2. The van der Waals surface area contributed by atoms with Crippen molar-refractivity contribution in [3.05, 3.63) is 54.0 Å². The van der Waals surface area contributed by atoms with E-state index in [4.69, 9.17) is 0 Å². The molecule has 3 heteroatoms. The number of nitrogens with one attached hydrogen (secondary N) is 1. The number of benzene rings is 1. The van der Waals surface area contributed by atoms with Crippen molar-refractivity contribution < 1.29 is 4.39 Å². The van der Waals surface area contributed by atoms with Crippen LogP contribution in [0.15, 0.2) is 42.6 Å². The van der Waals surface area contributed by atoms with E-state index in [2.05, 4.69) is 10.3 Å². The first-order valence-electron chi connectivity index (χ1n) is 6.26. The molecule has 1 fully saturated rings. The Morgan fingerprint density at radius 3 is 2.78 bits per heavy atom. The van der Waals surface area contributed by atoms with Gasteiger partial charge in [-0.1, -0.05) is 12.1 Å².